The minimum atomic E-state index is -4.70. The molecule has 0 aromatic heterocycles. The second-order valence-corrected chi connectivity index (χ2v) is 7.44. The summed E-state index contributed by atoms with van der Waals surface area (Å²) < 4.78 is 43.0. The maximum atomic E-state index is 12.9. The Bertz CT molecular complexity index is 764. The molecule has 2 atom stereocenters. The fourth-order valence-electron chi connectivity index (χ4n) is 4.17. The van der Waals surface area contributed by atoms with Crippen molar-refractivity contribution in [2.75, 3.05) is 6.54 Å². The van der Waals surface area contributed by atoms with Gasteiger partial charge in [-0.1, -0.05) is 55.8 Å². The molecule has 2 aromatic carbocycles. The highest BCUT2D eigenvalue weighted by atomic mass is 19.4. The topological polar surface area (TPSA) is 38.5 Å². The summed E-state index contributed by atoms with van der Waals surface area (Å²) in [6.45, 7) is 2.83. The molecule has 1 fully saturated rings. The van der Waals surface area contributed by atoms with Crippen LogP contribution in [0, 0.1) is 5.92 Å². The Hall–Kier alpha value is -2.05. The van der Waals surface area contributed by atoms with E-state index in [0.717, 1.165) is 43.4 Å². The van der Waals surface area contributed by atoms with E-state index in [1.54, 1.807) is 6.07 Å². The van der Waals surface area contributed by atoms with Gasteiger partial charge in [0.1, 0.15) is 5.75 Å². The van der Waals surface area contributed by atoms with Gasteiger partial charge in [0.15, 0.2) is 0 Å². The lowest BCUT2D eigenvalue weighted by Gasteiger charge is -2.39. The van der Waals surface area contributed by atoms with Gasteiger partial charge < -0.3 is 4.74 Å². The van der Waals surface area contributed by atoms with E-state index in [4.69, 9.17) is 5.84 Å². The summed E-state index contributed by atoms with van der Waals surface area (Å²) in [6.07, 6.45) is -0.603. The largest absolute Gasteiger partial charge is 0.573 e. The van der Waals surface area contributed by atoms with E-state index in [2.05, 4.69) is 11.7 Å². The van der Waals surface area contributed by atoms with Crippen molar-refractivity contribution >= 4 is 0 Å². The Morgan fingerprint density at radius 1 is 1.14 bits per heavy atom. The van der Waals surface area contributed by atoms with Crippen molar-refractivity contribution in [2.45, 2.75) is 51.4 Å². The zero-order chi connectivity index (χ0) is 20.1. The van der Waals surface area contributed by atoms with E-state index < -0.39 is 6.36 Å². The number of ether oxygens (including phenoxy) is 1. The van der Waals surface area contributed by atoms with Crippen molar-refractivity contribution in [1.82, 2.24) is 5.01 Å². The number of nitrogens with two attached hydrogens (primary N) is 1. The third-order valence-electron chi connectivity index (χ3n) is 5.31. The zero-order valence-corrected chi connectivity index (χ0v) is 16.1. The van der Waals surface area contributed by atoms with E-state index in [-0.39, 0.29) is 17.7 Å². The van der Waals surface area contributed by atoms with Crippen LogP contribution in [0.2, 0.25) is 0 Å². The van der Waals surface area contributed by atoms with Crippen LogP contribution in [0.3, 0.4) is 0 Å². The number of aryl methyl sites for hydroxylation is 1. The maximum Gasteiger partial charge on any atom is 0.573 e. The molecule has 1 aliphatic heterocycles. The number of alkyl halides is 3. The van der Waals surface area contributed by atoms with Gasteiger partial charge in [-0.25, -0.2) is 5.01 Å². The predicted octanol–water partition coefficient (Wildman–Crippen LogP) is 5.41. The van der Waals surface area contributed by atoms with Crippen molar-refractivity contribution < 1.29 is 17.9 Å². The fraction of sp³-hybridized carbons (Fsp3) is 0.455. The summed E-state index contributed by atoms with van der Waals surface area (Å²) in [5.74, 6) is 6.31. The molecule has 6 heteroatoms. The number of rotatable bonds is 6. The maximum absolute atomic E-state index is 12.9. The molecule has 0 radical (unpaired) electrons. The summed E-state index contributed by atoms with van der Waals surface area (Å²) in [4.78, 5) is 0. The van der Waals surface area contributed by atoms with Crippen molar-refractivity contribution in [1.29, 1.82) is 0 Å². The Morgan fingerprint density at radius 2 is 1.89 bits per heavy atom. The summed E-state index contributed by atoms with van der Waals surface area (Å²) in [5, 5.41) is 1.82. The molecule has 0 amide bonds. The smallest absolute Gasteiger partial charge is 0.406 e. The fourth-order valence-corrected chi connectivity index (χ4v) is 4.17. The van der Waals surface area contributed by atoms with E-state index in [1.807, 2.05) is 41.4 Å². The highest BCUT2D eigenvalue weighted by molar-refractivity contribution is 5.38. The molecule has 3 nitrogen and oxygen atoms in total. The van der Waals surface area contributed by atoms with Gasteiger partial charge >= 0.3 is 6.36 Å². The van der Waals surface area contributed by atoms with Crippen LogP contribution in [-0.2, 0) is 12.8 Å². The normalized spacial score (nSPS) is 20.9. The molecule has 1 heterocycles. The number of hydrogen-bond acceptors (Lipinski definition) is 3. The first kappa shape index (κ1) is 20.7. The second kappa shape index (κ2) is 8.97. The average Bonchev–Trinajstić information content (AvgIpc) is 2.64. The lowest BCUT2D eigenvalue weighted by Crippen LogP contribution is -2.44. The number of hydrazine groups is 1. The van der Waals surface area contributed by atoms with Crippen LogP contribution in [0.15, 0.2) is 48.5 Å². The van der Waals surface area contributed by atoms with Crippen molar-refractivity contribution in [3.63, 3.8) is 0 Å². The van der Waals surface area contributed by atoms with Crippen LogP contribution in [-0.4, -0.2) is 17.9 Å². The van der Waals surface area contributed by atoms with Crippen molar-refractivity contribution in [3.05, 3.63) is 65.2 Å². The molecule has 0 aliphatic carbocycles. The number of benzene rings is 2. The van der Waals surface area contributed by atoms with E-state index in [9.17, 15) is 13.2 Å². The lowest BCUT2D eigenvalue weighted by molar-refractivity contribution is -0.274. The molecule has 3 rings (SSSR count). The first-order valence-electron chi connectivity index (χ1n) is 9.81. The van der Waals surface area contributed by atoms with Crippen LogP contribution in [0.1, 0.15) is 48.9 Å². The van der Waals surface area contributed by atoms with E-state index >= 15 is 0 Å². The molecular weight excluding hydrogens is 365 g/mol. The molecule has 2 N–H and O–H groups in total. The standard InChI is InChI=1S/C22H27F3N2O/c1-2-7-16-11-12-20(28-22(23,24)25)19(14-16)15-18-10-6-13-27(26)21(18)17-8-4-3-5-9-17/h3-5,8-9,11-12,14,18,21H,2,6-7,10,13,15,26H2,1H3. The second-order valence-electron chi connectivity index (χ2n) is 7.44. The molecule has 28 heavy (non-hydrogen) atoms. The third-order valence-corrected chi connectivity index (χ3v) is 5.31. The average molecular weight is 392 g/mol. The number of nitrogens with zero attached hydrogens (tertiary/aromatic N) is 1. The van der Waals surface area contributed by atoms with Crippen LogP contribution >= 0.6 is 0 Å². The SMILES string of the molecule is CCCc1ccc(OC(F)(F)F)c(CC2CCCN(N)C2c2ccccc2)c1. The van der Waals surface area contributed by atoms with Crippen LogP contribution < -0.4 is 10.6 Å². The lowest BCUT2D eigenvalue weighted by atomic mass is 9.81. The molecule has 0 spiro atoms. The van der Waals surface area contributed by atoms with Gasteiger partial charge in [-0.3, -0.25) is 5.84 Å². The first-order valence-corrected chi connectivity index (χ1v) is 9.81. The highest BCUT2D eigenvalue weighted by Gasteiger charge is 2.35. The quantitative estimate of drug-likeness (QED) is 0.668. The van der Waals surface area contributed by atoms with Gasteiger partial charge in [-0.15, -0.1) is 13.2 Å². The molecule has 1 aliphatic rings. The molecule has 1 saturated heterocycles. The van der Waals surface area contributed by atoms with Crippen molar-refractivity contribution in [3.8, 4) is 5.75 Å². The van der Waals surface area contributed by atoms with Gasteiger partial charge in [0, 0.05) is 6.54 Å². The first-order chi connectivity index (χ1) is 13.4. The van der Waals surface area contributed by atoms with Gasteiger partial charge in [-0.05, 0) is 54.4 Å². The van der Waals surface area contributed by atoms with E-state index in [1.165, 1.54) is 6.07 Å². The van der Waals surface area contributed by atoms with Gasteiger partial charge in [0.25, 0.3) is 0 Å². The van der Waals surface area contributed by atoms with Crippen LogP contribution in [0.5, 0.6) is 5.75 Å². The molecule has 0 bridgehead atoms. The zero-order valence-electron chi connectivity index (χ0n) is 16.1. The molecule has 2 aromatic rings. The molecular formula is C22H27F3N2O. The van der Waals surface area contributed by atoms with Crippen molar-refractivity contribution in [2.24, 2.45) is 11.8 Å². The minimum absolute atomic E-state index is 0.0245. The van der Waals surface area contributed by atoms with Crippen LogP contribution in [0.25, 0.3) is 0 Å². The van der Waals surface area contributed by atoms with Gasteiger partial charge in [0.2, 0.25) is 0 Å². The Labute approximate surface area is 164 Å². The number of piperidine rings is 1. The molecule has 2 unspecified atom stereocenters. The Kier molecular flexibility index (Phi) is 6.62. The predicted molar refractivity (Wildman–Crippen MR) is 104 cm³/mol. The van der Waals surface area contributed by atoms with Gasteiger partial charge in [-0.2, -0.15) is 0 Å². The molecule has 0 saturated carbocycles. The summed E-state index contributed by atoms with van der Waals surface area (Å²) in [6, 6.07) is 15.0. The van der Waals surface area contributed by atoms with E-state index in [0.29, 0.717) is 12.0 Å². The van der Waals surface area contributed by atoms with Crippen LogP contribution in [0.4, 0.5) is 13.2 Å². The Morgan fingerprint density at radius 3 is 2.57 bits per heavy atom. The molecule has 152 valence electrons. The summed E-state index contributed by atoms with van der Waals surface area (Å²) in [5.41, 5.74) is 2.73. The minimum Gasteiger partial charge on any atom is -0.406 e. The van der Waals surface area contributed by atoms with Gasteiger partial charge in [0.05, 0.1) is 6.04 Å². The third kappa shape index (κ3) is 5.26. The number of halogens is 3. The Balaban J connectivity index is 1.91. The summed E-state index contributed by atoms with van der Waals surface area (Å²) in [7, 11) is 0. The number of hydrogen-bond donors (Lipinski definition) is 1. The summed E-state index contributed by atoms with van der Waals surface area (Å²) >= 11 is 0. The highest BCUT2D eigenvalue weighted by Crippen LogP contribution is 2.38. The monoisotopic (exact) mass is 392 g/mol.